The van der Waals surface area contributed by atoms with E-state index in [-0.39, 0.29) is 12.0 Å². The molecule has 0 radical (unpaired) electrons. The van der Waals surface area contributed by atoms with E-state index in [9.17, 15) is 26.4 Å². The summed E-state index contributed by atoms with van der Waals surface area (Å²) in [5, 5.41) is 0. The van der Waals surface area contributed by atoms with Crippen molar-refractivity contribution >= 4 is 16.0 Å². The number of halogens is 3. The molecular weight excluding hydrogens is 275 g/mol. The topological polar surface area (TPSA) is 72.5 Å². The third kappa shape index (κ3) is 5.50. The van der Waals surface area contributed by atoms with Crippen LogP contribution in [0, 0.1) is 0 Å². The van der Waals surface area contributed by atoms with Gasteiger partial charge in [0.1, 0.15) is 6.10 Å². The number of hydrogen-bond donors (Lipinski definition) is 1. The van der Waals surface area contributed by atoms with Crippen molar-refractivity contribution in [3.63, 3.8) is 0 Å². The fourth-order valence-electron chi connectivity index (χ4n) is 0.821. The molecule has 0 amide bonds. The van der Waals surface area contributed by atoms with Gasteiger partial charge in [-0.25, -0.2) is 17.9 Å². The fraction of sp³-hybridized carbons (Fsp3) is 0.667. The first-order valence-corrected chi connectivity index (χ1v) is 6.38. The van der Waals surface area contributed by atoms with E-state index in [2.05, 4.69) is 6.58 Å². The van der Waals surface area contributed by atoms with Gasteiger partial charge < -0.3 is 4.74 Å². The second-order valence-electron chi connectivity index (χ2n) is 3.63. The van der Waals surface area contributed by atoms with Crippen molar-refractivity contribution in [2.24, 2.45) is 0 Å². The maximum Gasteiger partial charge on any atom is 0.511 e. The van der Waals surface area contributed by atoms with Gasteiger partial charge in [0.15, 0.2) is 0 Å². The number of carbonyl (C=O) groups excluding carboxylic acids is 1. The Morgan fingerprint density at radius 2 is 1.94 bits per heavy atom. The van der Waals surface area contributed by atoms with Gasteiger partial charge in [0.2, 0.25) is 0 Å². The van der Waals surface area contributed by atoms with Crippen molar-refractivity contribution in [3.05, 3.63) is 12.2 Å². The molecule has 0 saturated carbocycles. The SMILES string of the molecule is C=C(C)C(=O)OC(C)CCNS(=O)(=O)C(F)(F)F. The monoisotopic (exact) mass is 289 g/mol. The molecule has 9 heteroatoms. The average molecular weight is 289 g/mol. The van der Waals surface area contributed by atoms with E-state index in [1.54, 1.807) is 0 Å². The third-order valence-electron chi connectivity index (χ3n) is 1.80. The highest BCUT2D eigenvalue weighted by Crippen LogP contribution is 2.21. The number of esters is 1. The van der Waals surface area contributed by atoms with Gasteiger partial charge in [0.25, 0.3) is 0 Å². The standard InChI is InChI=1S/C9H14F3NO4S/c1-6(2)8(14)17-7(3)4-5-13-18(15,16)9(10,11)12/h7,13H,1,4-5H2,2-3H3. The lowest BCUT2D eigenvalue weighted by molar-refractivity contribution is -0.143. The van der Waals surface area contributed by atoms with Crippen molar-refractivity contribution < 1.29 is 31.1 Å². The van der Waals surface area contributed by atoms with Crippen LogP contribution in [0.15, 0.2) is 12.2 Å². The molecule has 106 valence electrons. The summed E-state index contributed by atoms with van der Waals surface area (Å²) >= 11 is 0. The van der Waals surface area contributed by atoms with Gasteiger partial charge in [-0.1, -0.05) is 6.58 Å². The van der Waals surface area contributed by atoms with Crippen LogP contribution in [-0.4, -0.2) is 32.5 Å². The summed E-state index contributed by atoms with van der Waals surface area (Å²) in [5.41, 5.74) is -5.19. The van der Waals surface area contributed by atoms with Crippen molar-refractivity contribution in [1.29, 1.82) is 0 Å². The van der Waals surface area contributed by atoms with E-state index >= 15 is 0 Å². The zero-order chi connectivity index (χ0) is 14.6. The normalized spacial score (nSPS) is 14.1. The molecule has 5 nitrogen and oxygen atoms in total. The summed E-state index contributed by atoms with van der Waals surface area (Å²) in [6.45, 7) is 5.70. The van der Waals surface area contributed by atoms with Crippen LogP contribution in [-0.2, 0) is 19.6 Å². The molecule has 0 fully saturated rings. The molecule has 0 saturated heterocycles. The summed E-state index contributed by atoms with van der Waals surface area (Å²) in [6.07, 6.45) is -0.793. The van der Waals surface area contributed by atoms with Crippen LogP contribution in [0.1, 0.15) is 20.3 Å². The van der Waals surface area contributed by atoms with E-state index in [0.29, 0.717) is 0 Å². The molecule has 18 heavy (non-hydrogen) atoms. The Hall–Kier alpha value is -1.09. The van der Waals surface area contributed by atoms with Gasteiger partial charge in [-0.3, -0.25) is 0 Å². The highest BCUT2D eigenvalue weighted by Gasteiger charge is 2.45. The molecule has 0 rings (SSSR count). The largest absolute Gasteiger partial charge is 0.511 e. The Kier molecular flexibility index (Phi) is 5.81. The van der Waals surface area contributed by atoms with Gasteiger partial charge in [-0.2, -0.15) is 13.2 Å². The molecule has 0 aromatic rings. The average Bonchev–Trinajstić information content (AvgIpc) is 2.14. The molecular formula is C9H14F3NO4S. The number of nitrogens with one attached hydrogen (secondary N) is 1. The van der Waals surface area contributed by atoms with E-state index < -0.39 is 34.1 Å². The minimum absolute atomic E-state index is 0.0751. The highest BCUT2D eigenvalue weighted by molar-refractivity contribution is 7.90. The summed E-state index contributed by atoms with van der Waals surface area (Å²) < 4.78 is 63.1. The Bertz CT molecular complexity index is 416. The predicted molar refractivity (Wildman–Crippen MR) is 58.0 cm³/mol. The van der Waals surface area contributed by atoms with E-state index in [1.165, 1.54) is 18.6 Å². The maximum atomic E-state index is 11.9. The zero-order valence-corrected chi connectivity index (χ0v) is 10.7. The Labute approximate surface area is 103 Å². The molecule has 0 aliphatic heterocycles. The first-order chi connectivity index (χ1) is 7.97. The van der Waals surface area contributed by atoms with Crippen LogP contribution in [0.25, 0.3) is 0 Å². The van der Waals surface area contributed by atoms with Crippen LogP contribution in [0.2, 0.25) is 0 Å². The third-order valence-corrected chi connectivity index (χ3v) is 3.00. The molecule has 0 aromatic carbocycles. The molecule has 0 spiro atoms. The zero-order valence-electron chi connectivity index (χ0n) is 9.87. The predicted octanol–water partition coefficient (Wildman–Crippen LogP) is 1.32. The summed E-state index contributed by atoms with van der Waals surface area (Å²) in [7, 11) is -5.35. The number of hydrogen-bond acceptors (Lipinski definition) is 4. The molecule has 0 aliphatic carbocycles. The van der Waals surface area contributed by atoms with E-state index in [1.807, 2.05) is 0 Å². The minimum Gasteiger partial charge on any atom is -0.459 e. The first kappa shape index (κ1) is 16.9. The second kappa shape index (κ2) is 6.19. The van der Waals surface area contributed by atoms with Gasteiger partial charge in [0, 0.05) is 12.1 Å². The van der Waals surface area contributed by atoms with Crippen LogP contribution in [0.3, 0.4) is 0 Å². The molecule has 1 N–H and O–H groups in total. The lowest BCUT2D eigenvalue weighted by atomic mass is 10.3. The number of carbonyl (C=O) groups is 1. The van der Waals surface area contributed by atoms with Crippen molar-refractivity contribution in [3.8, 4) is 0 Å². The maximum absolute atomic E-state index is 11.9. The van der Waals surface area contributed by atoms with Gasteiger partial charge in [0.05, 0.1) is 0 Å². The Morgan fingerprint density at radius 3 is 2.33 bits per heavy atom. The minimum atomic E-state index is -5.35. The lowest BCUT2D eigenvalue weighted by Gasteiger charge is -2.14. The van der Waals surface area contributed by atoms with E-state index in [0.717, 1.165) is 0 Å². The number of ether oxygens (including phenoxy) is 1. The quantitative estimate of drug-likeness (QED) is 0.591. The number of rotatable bonds is 6. The lowest BCUT2D eigenvalue weighted by Crippen LogP contribution is -2.37. The first-order valence-electron chi connectivity index (χ1n) is 4.90. The molecule has 0 aromatic heterocycles. The van der Waals surface area contributed by atoms with Gasteiger partial charge in [-0.05, 0) is 20.3 Å². The Morgan fingerprint density at radius 1 is 1.44 bits per heavy atom. The highest BCUT2D eigenvalue weighted by atomic mass is 32.2. The molecule has 1 atom stereocenters. The molecule has 0 bridgehead atoms. The summed E-state index contributed by atoms with van der Waals surface area (Å²) in [5.74, 6) is -0.679. The fourth-order valence-corrected chi connectivity index (χ4v) is 1.37. The second-order valence-corrected chi connectivity index (χ2v) is 5.39. The molecule has 0 aliphatic rings. The Balaban J connectivity index is 4.14. The molecule has 0 heterocycles. The van der Waals surface area contributed by atoms with Crippen molar-refractivity contribution in [1.82, 2.24) is 4.72 Å². The number of alkyl halides is 3. The summed E-state index contributed by atoms with van der Waals surface area (Å²) in [4.78, 5) is 11.0. The van der Waals surface area contributed by atoms with Crippen LogP contribution >= 0.6 is 0 Å². The number of sulfonamides is 1. The smallest absolute Gasteiger partial charge is 0.459 e. The van der Waals surface area contributed by atoms with Crippen LogP contribution in [0.4, 0.5) is 13.2 Å². The van der Waals surface area contributed by atoms with Crippen LogP contribution in [0.5, 0.6) is 0 Å². The molecule has 1 unspecified atom stereocenters. The van der Waals surface area contributed by atoms with E-state index in [4.69, 9.17) is 4.74 Å². The van der Waals surface area contributed by atoms with Gasteiger partial charge >= 0.3 is 21.5 Å². The van der Waals surface area contributed by atoms with Gasteiger partial charge in [-0.15, -0.1) is 0 Å². The van der Waals surface area contributed by atoms with Crippen molar-refractivity contribution in [2.75, 3.05) is 6.54 Å². The van der Waals surface area contributed by atoms with Crippen LogP contribution < -0.4 is 4.72 Å². The summed E-state index contributed by atoms with van der Waals surface area (Å²) in [6, 6.07) is 0. The van der Waals surface area contributed by atoms with Crippen molar-refractivity contribution in [2.45, 2.75) is 31.9 Å².